The van der Waals surface area contributed by atoms with Crippen LogP contribution in [0, 0.1) is 0 Å². The van der Waals surface area contributed by atoms with Gasteiger partial charge in [-0.25, -0.2) is 0 Å². The first kappa shape index (κ1) is 11.4. The van der Waals surface area contributed by atoms with E-state index < -0.39 is 0 Å². The van der Waals surface area contributed by atoms with E-state index in [9.17, 15) is 4.79 Å². The van der Waals surface area contributed by atoms with Gasteiger partial charge in [0.25, 0.3) is 5.91 Å². The van der Waals surface area contributed by atoms with Gasteiger partial charge in [-0.1, -0.05) is 0 Å². The predicted molar refractivity (Wildman–Crippen MR) is 65.4 cm³/mol. The lowest BCUT2D eigenvalue weighted by molar-refractivity contribution is 0.0945. The first-order chi connectivity index (χ1) is 8.19. The van der Waals surface area contributed by atoms with Gasteiger partial charge in [-0.15, -0.1) is 0 Å². The molecule has 1 aliphatic heterocycles. The van der Waals surface area contributed by atoms with Crippen LogP contribution >= 0.6 is 0 Å². The summed E-state index contributed by atoms with van der Waals surface area (Å²) in [5, 5.41) is 8.75. The SMILES string of the molecule is COc1ccc(C(=O)NC2C=NN(C)C2)cc1. The summed E-state index contributed by atoms with van der Waals surface area (Å²) in [6.07, 6.45) is 1.74. The zero-order valence-corrected chi connectivity index (χ0v) is 9.88. The quantitative estimate of drug-likeness (QED) is 0.837. The van der Waals surface area contributed by atoms with Crippen LogP contribution in [-0.2, 0) is 0 Å². The Bertz CT molecular complexity index is 428. The van der Waals surface area contributed by atoms with Crippen LogP contribution in [0.2, 0.25) is 0 Å². The van der Waals surface area contributed by atoms with Crippen LogP contribution in [0.5, 0.6) is 5.75 Å². The average molecular weight is 233 g/mol. The fraction of sp³-hybridized carbons (Fsp3) is 0.333. The molecule has 1 heterocycles. The molecule has 1 aromatic rings. The lowest BCUT2D eigenvalue weighted by Crippen LogP contribution is -2.38. The molecule has 1 N–H and O–H groups in total. The number of benzene rings is 1. The molecule has 90 valence electrons. The van der Waals surface area contributed by atoms with Crippen LogP contribution in [0.25, 0.3) is 0 Å². The summed E-state index contributed by atoms with van der Waals surface area (Å²) in [5.74, 6) is 0.642. The topological polar surface area (TPSA) is 53.9 Å². The summed E-state index contributed by atoms with van der Waals surface area (Å²) in [5.41, 5.74) is 0.619. The number of nitrogens with zero attached hydrogens (tertiary/aromatic N) is 2. The number of likely N-dealkylation sites (N-methyl/N-ethyl adjacent to an activating group) is 1. The molecule has 1 unspecified atom stereocenters. The van der Waals surface area contributed by atoms with Gasteiger partial charge in [-0.3, -0.25) is 9.80 Å². The van der Waals surface area contributed by atoms with Crippen molar-refractivity contribution < 1.29 is 9.53 Å². The summed E-state index contributed by atoms with van der Waals surface area (Å²) in [4.78, 5) is 11.9. The Morgan fingerprint density at radius 1 is 1.47 bits per heavy atom. The second-order valence-corrected chi connectivity index (χ2v) is 3.91. The molecule has 0 fully saturated rings. The van der Waals surface area contributed by atoms with Gasteiger partial charge < -0.3 is 10.1 Å². The standard InChI is InChI=1S/C12H15N3O2/c1-15-8-10(7-13-15)14-12(16)9-3-5-11(17-2)6-4-9/h3-7,10H,8H2,1-2H3,(H,14,16). The summed E-state index contributed by atoms with van der Waals surface area (Å²) in [7, 11) is 3.47. The van der Waals surface area contributed by atoms with E-state index in [-0.39, 0.29) is 11.9 Å². The van der Waals surface area contributed by atoms with Crippen molar-refractivity contribution in [2.75, 3.05) is 20.7 Å². The molecule has 1 amide bonds. The molecule has 0 saturated heterocycles. The second-order valence-electron chi connectivity index (χ2n) is 3.91. The minimum atomic E-state index is -0.0978. The Hall–Kier alpha value is -2.04. The molecule has 5 heteroatoms. The molecule has 17 heavy (non-hydrogen) atoms. The number of carbonyl (C=O) groups excluding carboxylic acids is 1. The van der Waals surface area contributed by atoms with Crippen LogP contribution in [0.3, 0.4) is 0 Å². The second kappa shape index (κ2) is 4.86. The molecule has 0 aromatic heterocycles. The van der Waals surface area contributed by atoms with Gasteiger partial charge in [0.2, 0.25) is 0 Å². The molecule has 1 aliphatic rings. The Balaban J connectivity index is 1.97. The maximum Gasteiger partial charge on any atom is 0.251 e. The Labute approximate surface area is 100 Å². The predicted octanol–water partition coefficient (Wildman–Crippen LogP) is 0.725. The van der Waals surface area contributed by atoms with Gasteiger partial charge in [0, 0.05) is 18.8 Å². The van der Waals surface area contributed by atoms with Crippen molar-refractivity contribution >= 4 is 12.1 Å². The highest BCUT2D eigenvalue weighted by Gasteiger charge is 2.17. The molecule has 0 radical (unpaired) electrons. The van der Waals surface area contributed by atoms with E-state index in [0.29, 0.717) is 12.1 Å². The number of hydrogen-bond acceptors (Lipinski definition) is 4. The molecule has 1 aromatic carbocycles. The molecule has 5 nitrogen and oxygen atoms in total. The highest BCUT2D eigenvalue weighted by molar-refractivity contribution is 5.96. The van der Waals surface area contributed by atoms with Crippen molar-refractivity contribution in [3.05, 3.63) is 29.8 Å². The average Bonchev–Trinajstić information content (AvgIpc) is 2.75. The molecule has 0 spiro atoms. The third-order valence-corrected chi connectivity index (χ3v) is 2.57. The highest BCUT2D eigenvalue weighted by atomic mass is 16.5. The fourth-order valence-electron chi connectivity index (χ4n) is 1.65. The van der Waals surface area contributed by atoms with E-state index in [4.69, 9.17) is 4.74 Å². The zero-order valence-electron chi connectivity index (χ0n) is 9.88. The number of rotatable bonds is 3. The molecule has 2 rings (SSSR count). The van der Waals surface area contributed by atoms with Crippen LogP contribution in [0.1, 0.15) is 10.4 Å². The van der Waals surface area contributed by atoms with Gasteiger partial charge >= 0.3 is 0 Å². The van der Waals surface area contributed by atoms with Crippen LogP contribution in [-0.4, -0.2) is 43.9 Å². The Morgan fingerprint density at radius 2 is 2.18 bits per heavy atom. The first-order valence-corrected chi connectivity index (χ1v) is 5.39. The maximum absolute atomic E-state index is 11.9. The lowest BCUT2D eigenvalue weighted by atomic mass is 10.2. The number of carbonyl (C=O) groups is 1. The van der Waals surface area contributed by atoms with Gasteiger partial charge in [-0.2, -0.15) is 5.10 Å². The lowest BCUT2D eigenvalue weighted by Gasteiger charge is -2.12. The van der Waals surface area contributed by atoms with E-state index in [1.807, 2.05) is 7.05 Å². The largest absolute Gasteiger partial charge is 0.497 e. The van der Waals surface area contributed by atoms with Gasteiger partial charge in [0.15, 0.2) is 0 Å². The molecule has 0 aliphatic carbocycles. The van der Waals surface area contributed by atoms with Crippen molar-refractivity contribution in [2.24, 2.45) is 5.10 Å². The van der Waals surface area contributed by atoms with Crippen LogP contribution < -0.4 is 10.1 Å². The van der Waals surface area contributed by atoms with Gasteiger partial charge in [0.1, 0.15) is 5.75 Å². The number of hydrogen-bond donors (Lipinski definition) is 1. The molecule has 0 saturated carbocycles. The Kier molecular flexibility index (Phi) is 3.27. The first-order valence-electron chi connectivity index (χ1n) is 5.39. The highest BCUT2D eigenvalue weighted by Crippen LogP contribution is 2.11. The van der Waals surface area contributed by atoms with E-state index >= 15 is 0 Å². The van der Waals surface area contributed by atoms with Crippen molar-refractivity contribution in [1.82, 2.24) is 10.3 Å². The number of nitrogens with one attached hydrogen (secondary N) is 1. The van der Waals surface area contributed by atoms with Gasteiger partial charge in [0.05, 0.1) is 19.7 Å². The summed E-state index contributed by atoms with van der Waals surface area (Å²) in [6, 6.07) is 7.00. The number of methoxy groups -OCH3 is 1. The molecular formula is C12H15N3O2. The Morgan fingerprint density at radius 3 is 2.71 bits per heavy atom. The maximum atomic E-state index is 11.9. The number of ether oxygens (including phenoxy) is 1. The van der Waals surface area contributed by atoms with Gasteiger partial charge in [-0.05, 0) is 24.3 Å². The summed E-state index contributed by atoms with van der Waals surface area (Å²) < 4.78 is 5.04. The van der Waals surface area contributed by atoms with Crippen LogP contribution in [0.15, 0.2) is 29.4 Å². The van der Waals surface area contributed by atoms with Crippen LogP contribution in [0.4, 0.5) is 0 Å². The van der Waals surface area contributed by atoms with Crippen molar-refractivity contribution in [3.63, 3.8) is 0 Å². The monoisotopic (exact) mass is 233 g/mol. The molecule has 0 bridgehead atoms. The fourth-order valence-corrected chi connectivity index (χ4v) is 1.65. The van der Waals surface area contributed by atoms with Crippen molar-refractivity contribution in [3.8, 4) is 5.75 Å². The minimum Gasteiger partial charge on any atom is -0.497 e. The third kappa shape index (κ3) is 2.75. The number of hydrazone groups is 1. The normalized spacial score (nSPS) is 18.2. The summed E-state index contributed by atoms with van der Waals surface area (Å²) >= 11 is 0. The van der Waals surface area contributed by atoms with E-state index in [0.717, 1.165) is 5.75 Å². The van der Waals surface area contributed by atoms with Crippen molar-refractivity contribution in [1.29, 1.82) is 0 Å². The van der Waals surface area contributed by atoms with E-state index in [1.54, 1.807) is 42.6 Å². The smallest absolute Gasteiger partial charge is 0.251 e. The zero-order chi connectivity index (χ0) is 12.3. The van der Waals surface area contributed by atoms with E-state index in [1.165, 1.54) is 0 Å². The number of amides is 1. The van der Waals surface area contributed by atoms with Crippen molar-refractivity contribution in [2.45, 2.75) is 6.04 Å². The van der Waals surface area contributed by atoms with E-state index in [2.05, 4.69) is 10.4 Å². The minimum absolute atomic E-state index is 0.0189. The summed E-state index contributed by atoms with van der Waals surface area (Å²) in [6.45, 7) is 0.710. The molecule has 1 atom stereocenters. The molecular weight excluding hydrogens is 218 g/mol. The third-order valence-electron chi connectivity index (χ3n) is 2.57.